The number of ether oxygens (including phenoxy) is 1. The molecule has 2 rings (SSSR count). The lowest BCUT2D eigenvalue weighted by Crippen LogP contribution is -2.03. The summed E-state index contributed by atoms with van der Waals surface area (Å²) in [5, 5.41) is 13.6. The highest BCUT2D eigenvalue weighted by Crippen LogP contribution is 2.30. The number of nitro groups is 1. The van der Waals surface area contributed by atoms with E-state index < -0.39 is 10.7 Å². The van der Waals surface area contributed by atoms with Crippen molar-refractivity contribution < 1.29 is 14.1 Å². The van der Waals surface area contributed by atoms with Crippen LogP contribution in [0.5, 0.6) is 5.75 Å². The average Bonchev–Trinajstić information content (AvgIpc) is 2.48. The van der Waals surface area contributed by atoms with E-state index in [1.165, 1.54) is 6.07 Å². The van der Waals surface area contributed by atoms with Crippen LogP contribution in [0.15, 0.2) is 36.4 Å². The summed E-state index contributed by atoms with van der Waals surface area (Å²) in [5.41, 5.74) is 0.665. The molecule has 0 heterocycles. The monoisotopic (exact) mass is 310 g/mol. The second-order valence-corrected chi connectivity index (χ2v) is 4.65. The normalized spacial score (nSPS) is 10.2. The van der Waals surface area contributed by atoms with Crippen LogP contribution in [-0.2, 0) is 6.54 Å². The molecule has 0 saturated carbocycles. The summed E-state index contributed by atoms with van der Waals surface area (Å²) in [6.07, 6.45) is 0. The highest BCUT2D eigenvalue weighted by Gasteiger charge is 2.17. The maximum Gasteiger partial charge on any atom is 0.295 e. The molecule has 2 aromatic rings. The molecule has 0 aromatic heterocycles. The van der Waals surface area contributed by atoms with Crippen molar-refractivity contribution in [2.45, 2.75) is 6.54 Å². The zero-order chi connectivity index (χ0) is 15.4. The van der Waals surface area contributed by atoms with Gasteiger partial charge in [-0.3, -0.25) is 10.1 Å². The van der Waals surface area contributed by atoms with Gasteiger partial charge in [0.15, 0.2) is 0 Å². The predicted molar refractivity (Wildman–Crippen MR) is 78.4 cm³/mol. The number of nitro benzene ring substituents is 1. The second-order valence-electron chi connectivity index (χ2n) is 4.25. The van der Waals surface area contributed by atoms with Gasteiger partial charge in [0.1, 0.15) is 17.3 Å². The van der Waals surface area contributed by atoms with Gasteiger partial charge >= 0.3 is 0 Å². The Labute approximate surface area is 125 Å². The van der Waals surface area contributed by atoms with Gasteiger partial charge in [-0.2, -0.15) is 0 Å². The number of nitrogens with zero attached hydrogens (tertiary/aromatic N) is 1. The molecule has 110 valence electrons. The molecule has 1 N–H and O–H groups in total. The summed E-state index contributed by atoms with van der Waals surface area (Å²) in [6.45, 7) is 0.319. The Balaban J connectivity index is 2.22. The third kappa shape index (κ3) is 3.61. The molecule has 0 radical (unpaired) electrons. The number of rotatable bonds is 5. The maximum absolute atomic E-state index is 13.3. The molecule has 0 amide bonds. The van der Waals surface area contributed by atoms with Crippen molar-refractivity contribution in [3.05, 3.63) is 62.9 Å². The molecule has 0 atom stereocenters. The average molecular weight is 311 g/mol. The largest absolute Gasteiger partial charge is 0.497 e. The molecule has 0 spiro atoms. The molecule has 0 aliphatic rings. The summed E-state index contributed by atoms with van der Waals surface area (Å²) < 4.78 is 18.4. The van der Waals surface area contributed by atoms with E-state index in [0.29, 0.717) is 12.3 Å². The van der Waals surface area contributed by atoms with Crippen LogP contribution < -0.4 is 10.1 Å². The number of nitrogens with one attached hydrogen (secondary N) is 1. The summed E-state index contributed by atoms with van der Waals surface area (Å²) in [4.78, 5) is 10.3. The molecule has 2 aromatic carbocycles. The minimum Gasteiger partial charge on any atom is -0.497 e. The lowest BCUT2D eigenvalue weighted by molar-refractivity contribution is -0.384. The highest BCUT2D eigenvalue weighted by molar-refractivity contribution is 6.31. The Hall–Kier alpha value is -2.34. The molecular weight excluding hydrogens is 299 g/mol. The fourth-order valence-corrected chi connectivity index (χ4v) is 1.97. The Morgan fingerprint density at radius 1 is 1.38 bits per heavy atom. The lowest BCUT2D eigenvalue weighted by atomic mass is 10.2. The topological polar surface area (TPSA) is 64.4 Å². The van der Waals surface area contributed by atoms with Crippen LogP contribution >= 0.6 is 11.6 Å². The van der Waals surface area contributed by atoms with Gasteiger partial charge in [0, 0.05) is 6.54 Å². The smallest absolute Gasteiger partial charge is 0.295 e. The highest BCUT2D eigenvalue weighted by atomic mass is 35.5. The lowest BCUT2D eigenvalue weighted by Gasteiger charge is -2.09. The molecule has 0 unspecified atom stereocenters. The van der Waals surface area contributed by atoms with Crippen molar-refractivity contribution in [3.8, 4) is 5.75 Å². The van der Waals surface area contributed by atoms with Crippen molar-refractivity contribution in [2.24, 2.45) is 0 Å². The Kier molecular flexibility index (Phi) is 4.59. The maximum atomic E-state index is 13.3. The second kappa shape index (κ2) is 6.41. The van der Waals surface area contributed by atoms with Crippen molar-refractivity contribution in [1.29, 1.82) is 0 Å². The van der Waals surface area contributed by atoms with Crippen LogP contribution in [-0.4, -0.2) is 12.0 Å². The standard InChI is InChI=1S/C14H12ClFN2O3/c1-21-10-4-2-3-9(5-10)8-17-13-6-11(15)12(16)7-14(13)18(19)20/h2-7,17H,8H2,1H3. The van der Waals surface area contributed by atoms with E-state index in [1.54, 1.807) is 19.2 Å². The number of hydrogen-bond donors (Lipinski definition) is 1. The molecule has 21 heavy (non-hydrogen) atoms. The number of methoxy groups -OCH3 is 1. The van der Waals surface area contributed by atoms with Gasteiger partial charge < -0.3 is 10.1 Å². The van der Waals surface area contributed by atoms with E-state index in [4.69, 9.17) is 16.3 Å². The quantitative estimate of drug-likeness (QED) is 0.669. The van der Waals surface area contributed by atoms with Crippen LogP contribution in [0.2, 0.25) is 5.02 Å². The molecular formula is C14H12ClFN2O3. The summed E-state index contributed by atoms with van der Waals surface area (Å²) >= 11 is 5.66. The summed E-state index contributed by atoms with van der Waals surface area (Å²) in [6, 6.07) is 9.24. The summed E-state index contributed by atoms with van der Waals surface area (Å²) in [5.74, 6) is -0.142. The van der Waals surface area contributed by atoms with E-state index in [9.17, 15) is 14.5 Å². The van der Waals surface area contributed by atoms with Gasteiger partial charge in [-0.25, -0.2) is 4.39 Å². The number of halogens is 2. The Morgan fingerprint density at radius 3 is 2.81 bits per heavy atom. The Morgan fingerprint density at radius 2 is 2.14 bits per heavy atom. The first-order chi connectivity index (χ1) is 10.0. The molecule has 0 saturated heterocycles. The predicted octanol–water partition coefficient (Wildman–Crippen LogP) is 4.01. The van der Waals surface area contributed by atoms with Crippen molar-refractivity contribution in [2.75, 3.05) is 12.4 Å². The van der Waals surface area contributed by atoms with Gasteiger partial charge in [-0.15, -0.1) is 0 Å². The van der Waals surface area contributed by atoms with Gasteiger partial charge in [0.25, 0.3) is 5.69 Å². The fourth-order valence-electron chi connectivity index (χ4n) is 1.81. The third-order valence-corrected chi connectivity index (χ3v) is 3.14. The number of anilines is 1. The van der Waals surface area contributed by atoms with Crippen molar-refractivity contribution in [1.82, 2.24) is 0 Å². The fraction of sp³-hybridized carbons (Fsp3) is 0.143. The minimum atomic E-state index is -0.824. The van der Waals surface area contributed by atoms with E-state index in [-0.39, 0.29) is 16.4 Å². The molecule has 0 fully saturated rings. The van der Waals surface area contributed by atoms with E-state index in [1.807, 2.05) is 12.1 Å². The van der Waals surface area contributed by atoms with Crippen molar-refractivity contribution in [3.63, 3.8) is 0 Å². The minimum absolute atomic E-state index is 0.161. The number of benzene rings is 2. The summed E-state index contributed by atoms with van der Waals surface area (Å²) in [7, 11) is 1.55. The van der Waals surface area contributed by atoms with Gasteiger partial charge in [-0.1, -0.05) is 23.7 Å². The van der Waals surface area contributed by atoms with Crippen LogP contribution in [0, 0.1) is 15.9 Å². The third-order valence-electron chi connectivity index (χ3n) is 2.85. The molecule has 0 aliphatic heterocycles. The first kappa shape index (κ1) is 15.1. The van der Waals surface area contributed by atoms with E-state index in [2.05, 4.69) is 5.32 Å². The number of hydrogen-bond acceptors (Lipinski definition) is 4. The molecule has 0 aliphatic carbocycles. The zero-order valence-electron chi connectivity index (χ0n) is 11.1. The van der Waals surface area contributed by atoms with Crippen LogP contribution in [0.4, 0.5) is 15.8 Å². The molecule has 7 heteroatoms. The van der Waals surface area contributed by atoms with Crippen LogP contribution in [0.25, 0.3) is 0 Å². The Bertz CT molecular complexity index is 679. The zero-order valence-corrected chi connectivity index (χ0v) is 11.9. The SMILES string of the molecule is COc1cccc(CNc2cc(Cl)c(F)cc2[N+](=O)[O-])c1. The molecule has 0 bridgehead atoms. The van der Waals surface area contributed by atoms with E-state index >= 15 is 0 Å². The van der Waals surface area contributed by atoms with E-state index in [0.717, 1.165) is 11.6 Å². The first-order valence-corrected chi connectivity index (χ1v) is 6.39. The first-order valence-electron chi connectivity index (χ1n) is 6.01. The van der Waals surface area contributed by atoms with Crippen LogP contribution in [0.3, 0.4) is 0 Å². The molecule has 5 nitrogen and oxygen atoms in total. The van der Waals surface area contributed by atoms with Gasteiger partial charge in [0.2, 0.25) is 0 Å². The van der Waals surface area contributed by atoms with Crippen molar-refractivity contribution >= 4 is 23.0 Å². The van der Waals surface area contributed by atoms with Gasteiger partial charge in [-0.05, 0) is 23.8 Å². The van der Waals surface area contributed by atoms with Crippen LogP contribution in [0.1, 0.15) is 5.56 Å². The van der Waals surface area contributed by atoms with Gasteiger partial charge in [0.05, 0.1) is 23.1 Å².